The summed E-state index contributed by atoms with van der Waals surface area (Å²) in [6.07, 6.45) is 7.73. The van der Waals surface area contributed by atoms with Gasteiger partial charge in [-0.3, -0.25) is 28.8 Å². The number of rotatable bonds is 31. The predicted octanol–water partition coefficient (Wildman–Crippen LogP) is 3.87. The topological polar surface area (TPSA) is 276 Å². The van der Waals surface area contributed by atoms with Gasteiger partial charge in [0.1, 0.15) is 17.8 Å². The number of carbonyl (C=O) groups excluding carboxylic acids is 8. The average Bonchev–Trinajstić information content (AvgIpc) is 3.86. The van der Waals surface area contributed by atoms with Crippen molar-refractivity contribution >= 4 is 81.7 Å². The Labute approximate surface area is 423 Å². The van der Waals surface area contributed by atoms with Gasteiger partial charge < -0.3 is 52.8 Å². The highest BCUT2D eigenvalue weighted by Crippen LogP contribution is 2.33. The molecule has 4 rings (SSSR count). The number of amides is 7. The summed E-state index contributed by atoms with van der Waals surface area (Å²) < 4.78 is 5.94. The van der Waals surface area contributed by atoms with Crippen molar-refractivity contribution in [2.75, 3.05) is 32.0 Å². The maximum absolute atomic E-state index is 13.7. The summed E-state index contributed by atoms with van der Waals surface area (Å²) in [6.45, 7) is 5.52. The van der Waals surface area contributed by atoms with Gasteiger partial charge in [-0.05, 0) is 136 Å². The van der Waals surface area contributed by atoms with Gasteiger partial charge in [-0.25, -0.2) is 9.59 Å². The maximum Gasteiger partial charge on any atom is 0.339 e. The largest absolute Gasteiger partial charge is 0.507 e. The van der Waals surface area contributed by atoms with Crippen molar-refractivity contribution in [3.8, 4) is 5.75 Å². The van der Waals surface area contributed by atoms with Gasteiger partial charge in [0.05, 0.1) is 27.3 Å². The van der Waals surface area contributed by atoms with Crippen molar-refractivity contribution in [1.82, 2.24) is 37.2 Å². The van der Waals surface area contributed by atoms with Crippen LogP contribution < -0.4 is 43.0 Å². The van der Waals surface area contributed by atoms with E-state index in [0.717, 1.165) is 36.1 Å². The number of aryl methyl sites for hydroxylation is 2. The Bertz CT molecular complexity index is 2070. The zero-order valence-corrected chi connectivity index (χ0v) is 43.0. The van der Waals surface area contributed by atoms with Crippen LogP contribution in [-0.2, 0) is 39.9 Å². The molecule has 380 valence electrons. The van der Waals surface area contributed by atoms with E-state index in [-0.39, 0.29) is 61.5 Å². The molecule has 69 heavy (non-hydrogen) atoms. The van der Waals surface area contributed by atoms with Gasteiger partial charge in [-0.15, -0.1) is 0 Å². The van der Waals surface area contributed by atoms with Crippen LogP contribution in [0, 0.1) is 17.4 Å². The summed E-state index contributed by atoms with van der Waals surface area (Å²) in [4.78, 5) is 103. The van der Waals surface area contributed by atoms with Gasteiger partial charge >= 0.3 is 12.0 Å². The Morgan fingerprint density at radius 1 is 0.797 bits per heavy atom. The van der Waals surface area contributed by atoms with Gasteiger partial charge in [0.15, 0.2) is 12.4 Å². The number of thioether (sulfide) groups is 1. The zero-order valence-electron chi connectivity index (χ0n) is 40.1. The lowest BCUT2D eigenvalue weighted by Crippen LogP contribution is -2.54. The summed E-state index contributed by atoms with van der Waals surface area (Å²) >= 11 is 3.83. The molecule has 18 nitrogen and oxygen atoms in total. The number of nitrogens with one attached hydrogen (secondary N) is 7. The first-order valence-electron chi connectivity index (χ1n) is 24.1. The number of fused-ring (bicyclic) bond motifs is 1. The first-order valence-corrected chi connectivity index (χ1v) is 26.2. The molecular weight excluding hydrogens is 1020 g/mol. The fourth-order valence-corrected chi connectivity index (χ4v) is 10.5. The molecule has 0 bridgehead atoms. The number of ketones is 1. The minimum atomic E-state index is -1.02. The SMILES string of the molecule is CC(=O)N[C@@H](CCCCNC(=O)CCCCC1SC[C@@H]2NC(=O)N[C@H]12)C(=O)N[C@@H](Cc1ccc(O)c([125I])c1)C(=O)NCCCCCC(=O)N[C@@H](CCCCN)C(=O)COC(=O)c1c(C)cccc1C. The van der Waals surface area contributed by atoms with E-state index in [0.29, 0.717) is 90.8 Å². The van der Waals surface area contributed by atoms with Gasteiger partial charge in [-0.1, -0.05) is 37.1 Å². The Morgan fingerprint density at radius 3 is 2.20 bits per heavy atom. The number of nitrogens with two attached hydrogens (primary N) is 1. The second-order valence-electron chi connectivity index (χ2n) is 17.8. The number of phenols is 1. The van der Waals surface area contributed by atoms with E-state index in [9.17, 15) is 43.5 Å². The highest BCUT2D eigenvalue weighted by atomic mass is 125. The lowest BCUT2D eigenvalue weighted by molar-refractivity contribution is -0.131. The van der Waals surface area contributed by atoms with Crippen LogP contribution >= 0.6 is 34.4 Å². The van der Waals surface area contributed by atoms with E-state index in [2.05, 4.69) is 37.2 Å². The Morgan fingerprint density at radius 2 is 1.48 bits per heavy atom. The van der Waals surface area contributed by atoms with Crippen molar-refractivity contribution in [2.45, 2.75) is 153 Å². The molecule has 0 radical (unpaired) electrons. The van der Waals surface area contributed by atoms with Crippen LogP contribution in [0.1, 0.15) is 124 Å². The minimum Gasteiger partial charge on any atom is -0.507 e. The Hall–Kier alpha value is -4.96. The number of halogens is 1. The number of hydrogen-bond acceptors (Lipinski definition) is 12. The third kappa shape index (κ3) is 19.8. The van der Waals surface area contributed by atoms with E-state index in [1.54, 1.807) is 38.1 Å². The van der Waals surface area contributed by atoms with Crippen molar-refractivity contribution in [3.05, 3.63) is 62.2 Å². The molecule has 2 fully saturated rings. The number of urea groups is 1. The molecule has 0 spiro atoms. The van der Waals surface area contributed by atoms with Gasteiger partial charge in [0.25, 0.3) is 0 Å². The predicted molar refractivity (Wildman–Crippen MR) is 272 cm³/mol. The number of Topliss-reactive ketones (excluding diaryl/α,β-unsaturated/α-hetero) is 1. The minimum absolute atomic E-state index is 0.0552. The molecule has 1 unspecified atom stereocenters. The molecule has 20 heteroatoms. The number of hydrogen-bond donors (Lipinski definition) is 9. The lowest BCUT2D eigenvalue weighted by atomic mass is 10.0. The molecule has 6 atom stereocenters. The molecule has 2 aromatic rings. The van der Waals surface area contributed by atoms with Crippen molar-refractivity contribution in [2.24, 2.45) is 5.73 Å². The molecule has 2 heterocycles. The third-order valence-electron chi connectivity index (χ3n) is 12.2. The van der Waals surface area contributed by atoms with Gasteiger partial charge in [-0.2, -0.15) is 11.8 Å². The summed E-state index contributed by atoms with van der Waals surface area (Å²) in [6, 6.07) is 7.75. The highest BCUT2D eigenvalue weighted by Gasteiger charge is 2.42. The van der Waals surface area contributed by atoms with Crippen molar-refractivity contribution in [1.29, 1.82) is 0 Å². The molecule has 0 aliphatic carbocycles. The van der Waals surface area contributed by atoms with E-state index in [4.69, 9.17) is 10.5 Å². The number of esters is 1. The van der Waals surface area contributed by atoms with Crippen LogP contribution in [0.4, 0.5) is 4.79 Å². The monoisotopic (exact) mass is 1090 g/mol. The molecule has 2 aromatic carbocycles. The first-order chi connectivity index (χ1) is 33.1. The van der Waals surface area contributed by atoms with Crippen LogP contribution in [0.2, 0.25) is 0 Å². The second-order valence-corrected chi connectivity index (χ2v) is 20.3. The summed E-state index contributed by atoms with van der Waals surface area (Å²) in [5.74, 6) is -1.80. The third-order valence-corrected chi connectivity index (χ3v) is 14.6. The Balaban J connectivity index is 1.20. The van der Waals surface area contributed by atoms with Gasteiger partial charge in [0.2, 0.25) is 29.5 Å². The molecule has 2 aliphatic rings. The number of aromatic hydroxyl groups is 1. The van der Waals surface area contributed by atoms with Crippen molar-refractivity contribution in [3.63, 3.8) is 0 Å². The molecular formula is C49H71IN8O10S. The van der Waals surface area contributed by atoms with E-state index >= 15 is 0 Å². The Kier molecular flexibility index (Phi) is 24.6. The lowest BCUT2D eigenvalue weighted by Gasteiger charge is -2.23. The van der Waals surface area contributed by atoms with Crippen LogP contribution in [0.15, 0.2) is 36.4 Å². The second kappa shape index (κ2) is 29.9. The quantitative estimate of drug-likeness (QED) is 0.0225. The standard InChI is InChI=1S/C49H71IN8O10S/c1-30-14-13-15-31(2)44(30)48(66)68-28-40(61)35(16-8-10-23-51)55-43(63)20-5-4-11-25-53-46(64)37(27-33-21-22-39(60)34(50)26-33)56-47(65)36(54-32(3)59)17-9-12-24-52-42(62)19-7-6-18-41-45-38(29-69-41)57-49(67)58-45/h13-15,21-22,26,35-38,41,45,60H,4-12,16-20,23-25,27-29,51H2,1-3H3,(H,52,62)(H,53,64)(H,54,59)(H,55,63)(H,56,65)(H2,57,58,67)/t35-,36-,37-,38-,41?,45-/m0/s1/i50-2. The summed E-state index contributed by atoms with van der Waals surface area (Å²) in [7, 11) is 0. The number of benzene rings is 2. The van der Waals surface area contributed by atoms with E-state index in [1.807, 2.05) is 40.4 Å². The molecule has 10 N–H and O–H groups in total. The normalized spacial score (nSPS) is 17.3. The summed E-state index contributed by atoms with van der Waals surface area (Å²) in [5, 5.41) is 30.5. The molecule has 2 aliphatic heterocycles. The fraction of sp³-hybridized carbons (Fsp3) is 0.592. The zero-order chi connectivity index (χ0) is 50.3. The van der Waals surface area contributed by atoms with Crippen LogP contribution in [0.25, 0.3) is 0 Å². The number of carbonyl (C=O) groups is 8. The van der Waals surface area contributed by atoms with Crippen LogP contribution in [0.5, 0.6) is 5.75 Å². The van der Waals surface area contributed by atoms with Gasteiger partial charge in [0, 0.05) is 50.3 Å². The summed E-state index contributed by atoms with van der Waals surface area (Å²) in [5.41, 5.74) is 8.24. The van der Waals surface area contributed by atoms with Crippen molar-refractivity contribution < 1.29 is 48.2 Å². The fourth-order valence-electron chi connectivity index (χ4n) is 8.41. The maximum atomic E-state index is 13.7. The number of phenolic OH excluding ortho intramolecular Hbond substituents is 1. The number of unbranched alkanes of at least 4 members (excludes halogenated alkanes) is 5. The van der Waals surface area contributed by atoms with Crippen LogP contribution in [0.3, 0.4) is 0 Å². The average molecular weight is 1090 g/mol. The first kappa shape index (κ1) is 56.6. The number of ether oxygens (including phenoxy) is 1. The van der Waals surface area contributed by atoms with Crippen LogP contribution in [-0.4, -0.2) is 120 Å². The molecule has 2 saturated heterocycles. The highest BCUT2D eigenvalue weighted by molar-refractivity contribution is 14.1. The molecule has 0 aromatic heterocycles. The molecule has 7 amide bonds. The van der Waals surface area contributed by atoms with E-state index in [1.165, 1.54) is 13.0 Å². The molecule has 0 saturated carbocycles. The smallest absolute Gasteiger partial charge is 0.339 e. The van der Waals surface area contributed by atoms with E-state index < -0.39 is 54.2 Å².